The molecule has 32 heavy (non-hydrogen) atoms. The summed E-state index contributed by atoms with van der Waals surface area (Å²) >= 11 is 0. The van der Waals surface area contributed by atoms with Gasteiger partial charge in [0, 0.05) is 38.0 Å². The van der Waals surface area contributed by atoms with Gasteiger partial charge in [-0.15, -0.1) is 0 Å². The van der Waals surface area contributed by atoms with E-state index in [4.69, 9.17) is 10.5 Å². The van der Waals surface area contributed by atoms with Crippen molar-refractivity contribution in [3.63, 3.8) is 0 Å². The lowest BCUT2D eigenvalue weighted by Gasteiger charge is -2.14. The molecule has 0 fully saturated rings. The minimum absolute atomic E-state index is 0.00883. The fraction of sp³-hybridized carbons (Fsp3) is 0.273. The van der Waals surface area contributed by atoms with E-state index in [9.17, 15) is 18.4 Å². The first-order chi connectivity index (χ1) is 15.2. The van der Waals surface area contributed by atoms with Crippen molar-refractivity contribution in [2.45, 2.75) is 19.8 Å². The molecule has 170 valence electrons. The van der Waals surface area contributed by atoms with Crippen molar-refractivity contribution in [1.29, 1.82) is 0 Å². The minimum atomic E-state index is -3.43. The highest BCUT2D eigenvalue weighted by molar-refractivity contribution is 6.13. The van der Waals surface area contributed by atoms with Crippen LogP contribution in [0.25, 0.3) is 0 Å². The van der Waals surface area contributed by atoms with Gasteiger partial charge in [-0.05, 0) is 43.3 Å². The minimum Gasteiger partial charge on any atom is -0.494 e. The van der Waals surface area contributed by atoms with Gasteiger partial charge in [-0.3, -0.25) is 9.59 Å². The van der Waals surface area contributed by atoms with E-state index in [1.54, 1.807) is 42.5 Å². The lowest BCUT2D eigenvalue weighted by molar-refractivity contribution is -0.117. The third kappa shape index (κ3) is 7.46. The topological polar surface area (TPSA) is 119 Å². The number of allylic oxidation sites excluding steroid dienone is 1. The van der Waals surface area contributed by atoms with Gasteiger partial charge in [-0.1, -0.05) is 6.07 Å². The van der Waals surface area contributed by atoms with Crippen LogP contribution in [-0.4, -0.2) is 48.6 Å². The van der Waals surface area contributed by atoms with E-state index < -0.39 is 23.1 Å². The standard InChI is InChI=1S/C22H25F2N5O3/c1-3-32-16-9-7-15(8-10-16)20(30)27-12-13-28-21(31)17(19(25)22(2,23)24)14-29-18-6-4-5-11-26-18/h4-11,14H,3,12-13,25H2,1-2H3,(H,27,30)(H,28,31). The van der Waals surface area contributed by atoms with Crippen LogP contribution in [-0.2, 0) is 4.79 Å². The molecule has 0 atom stereocenters. The third-order valence-electron chi connectivity index (χ3n) is 4.11. The third-order valence-corrected chi connectivity index (χ3v) is 4.11. The smallest absolute Gasteiger partial charge is 0.285 e. The van der Waals surface area contributed by atoms with Crippen molar-refractivity contribution in [3.8, 4) is 5.75 Å². The van der Waals surface area contributed by atoms with Gasteiger partial charge in [-0.25, -0.2) is 18.8 Å². The van der Waals surface area contributed by atoms with E-state index in [0.717, 1.165) is 6.21 Å². The number of aliphatic imine (C=N–C) groups is 1. The molecule has 0 radical (unpaired) electrons. The number of halogens is 2. The summed E-state index contributed by atoms with van der Waals surface area (Å²) in [5, 5.41) is 5.08. The maximum atomic E-state index is 13.7. The van der Waals surface area contributed by atoms with Crippen molar-refractivity contribution in [3.05, 3.63) is 65.5 Å². The number of amides is 2. The number of carbonyl (C=O) groups is 2. The molecule has 1 aromatic carbocycles. The lowest BCUT2D eigenvalue weighted by Crippen LogP contribution is -2.37. The van der Waals surface area contributed by atoms with Crippen molar-refractivity contribution in [1.82, 2.24) is 15.6 Å². The molecule has 0 aliphatic rings. The number of rotatable bonds is 10. The molecule has 4 N–H and O–H groups in total. The van der Waals surface area contributed by atoms with E-state index in [1.807, 2.05) is 6.92 Å². The Hall–Kier alpha value is -3.82. The number of benzene rings is 1. The quantitative estimate of drug-likeness (QED) is 0.295. The van der Waals surface area contributed by atoms with Crippen molar-refractivity contribution >= 4 is 23.8 Å². The Morgan fingerprint density at radius 2 is 1.84 bits per heavy atom. The molecule has 2 amide bonds. The molecule has 2 aromatic rings. The average Bonchev–Trinajstić information content (AvgIpc) is 2.77. The molecule has 0 unspecified atom stereocenters. The van der Waals surface area contributed by atoms with Crippen LogP contribution in [0.3, 0.4) is 0 Å². The van der Waals surface area contributed by atoms with Gasteiger partial charge in [0.15, 0.2) is 5.82 Å². The molecule has 1 aromatic heterocycles. The lowest BCUT2D eigenvalue weighted by atomic mass is 10.1. The molecular formula is C22H25F2N5O3. The Morgan fingerprint density at radius 3 is 2.44 bits per heavy atom. The van der Waals surface area contributed by atoms with E-state index in [0.29, 0.717) is 24.8 Å². The zero-order valence-corrected chi connectivity index (χ0v) is 17.8. The monoisotopic (exact) mass is 445 g/mol. The zero-order chi connectivity index (χ0) is 23.6. The summed E-state index contributed by atoms with van der Waals surface area (Å²) in [6.45, 7) is 3.02. The highest BCUT2D eigenvalue weighted by Gasteiger charge is 2.30. The van der Waals surface area contributed by atoms with Crippen LogP contribution in [0.4, 0.5) is 14.6 Å². The maximum Gasteiger partial charge on any atom is 0.285 e. The number of pyridine rings is 1. The van der Waals surface area contributed by atoms with E-state index in [1.165, 1.54) is 6.20 Å². The van der Waals surface area contributed by atoms with Crippen LogP contribution in [0.2, 0.25) is 0 Å². The van der Waals surface area contributed by atoms with Crippen LogP contribution < -0.4 is 21.1 Å². The SMILES string of the molecule is CCOc1ccc(C(=O)NCCNC(=O)C(C=Nc2ccccn2)=C(N)C(C)(F)F)cc1. The van der Waals surface area contributed by atoms with Crippen LogP contribution in [0.1, 0.15) is 24.2 Å². The Balaban J connectivity index is 1.96. The van der Waals surface area contributed by atoms with Crippen LogP contribution >= 0.6 is 0 Å². The Labute approximate surface area is 184 Å². The van der Waals surface area contributed by atoms with Gasteiger partial charge >= 0.3 is 0 Å². The normalized spacial score (nSPS) is 12.2. The molecule has 0 saturated heterocycles. The van der Waals surface area contributed by atoms with Crippen molar-refractivity contribution in [2.24, 2.45) is 10.7 Å². The first kappa shape index (κ1) is 24.4. The molecule has 10 heteroatoms. The van der Waals surface area contributed by atoms with Crippen molar-refractivity contribution in [2.75, 3.05) is 19.7 Å². The highest BCUT2D eigenvalue weighted by atomic mass is 19.3. The second-order valence-corrected chi connectivity index (χ2v) is 6.63. The van der Waals surface area contributed by atoms with E-state index >= 15 is 0 Å². The average molecular weight is 445 g/mol. The van der Waals surface area contributed by atoms with Gasteiger partial charge in [0.2, 0.25) is 0 Å². The summed E-state index contributed by atoms with van der Waals surface area (Å²) in [4.78, 5) is 32.5. The van der Waals surface area contributed by atoms with Gasteiger partial charge in [0.05, 0.1) is 17.9 Å². The molecule has 2 rings (SSSR count). The molecule has 1 heterocycles. The number of alkyl halides is 2. The maximum absolute atomic E-state index is 13.7. The molecule has 0 aliphatic heterocycles. The molecule has 8 nitrogen and oxygen atoms in total. The number of carbonyl (C=O) groups excluding carboxylic acids is 2. The molecule has 0 spiro atoms. The predicted octanol–water partition coefficient (Wildman–Crippen LogP) is 2.60. The second kappa shape index (κ2) is 11.5. The van der Waals surface area contributed by atoms with Gasteiger partial charge in [-0.2, -0.15) is 0 Å². The number of nitrogens with one attached hydrogen (secondary N) is 2. The Morgan fingerprint density at radius 1 is 1.16 bits per heavy atom. The summed E-state index contributed by atoms with van der Waals surface area (Å²) in [5.41, 5.74) is 4.51. The molecule has 0 aliphatic carbocycles. The Kier molecular flexibility index (Phi) is 8.82. The van der Waals surface area contributed by atoms with Gasteiger partial charge in [0.25, 0.3) is 17.7 Å². The summed E-state index contributed by atoms with van der Waals surface area (Å²) in [7, 11) is 0. The summed E-state index contributed by atoms with van der Waals surface area (Å²) in [5.74, 6) is -3.75. The zero-order valence-electron chi connectivity index (χ0n) is 17.8. The van der Waals surface area contributed by atoms with E-state index in [-0.39, 0.29) is 24.8 Å². The number of aromatic nitrogens is 1. The summed E-state index contributed by atoms with van der Waals surface area (Å²) < 4.78 is 32.7. The molecular weight excluding hydrogens is 420 g/mol. The van der Waals surface area contributed by atoms with Crippen molar-refractivity contribution < 1.29 is 23.1 Å². The molecule has 0 saturated carbocycles. The van der Waals surface area contributed by atoms with Gasteiger partial charge in [0.1, 0.15) is 5.75 Å². The number of ether oxygens (including phenoxy) is 1. The number of nitrogens with zero attached hydrogens (tertiary/aromatic N) is 2. The second-order valence-electron chi connectivity index (χ2n) is 6.63. The summed E-state index contributed by atoms with van der Waals surface area (Å²) in [6.07, 6.45) is 2.42. The number of hydrogen-bond acceptors (Lipinski definition) is 6. The first-order valence-corrected chi connectivity index (χ1v) is 9.84. The summed E-state index contributed by atoms with van der Waals surface area (Å²) in [6, 6.07) is 11.4. The van der Waals surface area contributed by atoms with Gasteiger partial charge < -0.3 is 21.1 Å². The number of hydrogen-bond donors (Lipinski definition) is 3. The van der Waals surface area contributed by atoms with E-state index in [2.05, 4.69) is 20.6 Å². The highest BCUT2D eigenvalue weighted by Crippen LogP contribution is 2.21. The molecule has 0 bridgehead atoms. The van der Waals surface area contributed by atoms with Crippen LogP contribution in [0, 0.1) is 0 Å². The fourth-order valence-electron chi connectivity index (χ4n) is 2.47. The number of nitrogens with two attached hydrogens (primary N) is 1. The van der Waals surface area contributed by atoms with Crippen LogP contribution in [0.5, 0.6) is 5.75 Å². The van der Waals surface area contributed by atoms with Crippen LogP contribution in [0.15, 0.2) is 64.9 Å². The predicted molar refractivity (Wildman–Crippen MR) is 117 cm³/mol. The first-order valence-electron chi connectivity index (χ1n) is 9.84. The Bertz CT molecular complexity index is 971. The fourth-order valence-corrected chi connectivity index (χ4v) is 2.47. The largest absolute Gasteiger partial charge is 0.494 e.